The van der Waals surface area contributed by atoms with Crippen molar-refractivity contribution in [3.05, 3.63) is 0 Å². The molecule has 0 bridgehead atoms. The van der Waals surface area contributed by atoms with Crippen LogP contribution in [0, 0.1) is 5.92 Å². The Morgan fingerprint density at radius 3 is 2.47 bits per heavy atom. The Kier molecular flexibility index (Phi) is 6.11. The number of amides is 1. The minimum Gasteiger partial charge on any atom is -0.378 e. The summed E-state index contributed by atoms with van der Waals surface area (Å²) < 4.78 is 5.77. The number of carbonyl (C=O) groups is 1. The van der Waals surface area contributed by atoms with Crippen LogP contribution in [-0.2, 0) is 9.53 Å². The van der Waals surface area contributed by atoms with Gasteiger partial charge in [0, 0.05) is 26.1 Å². The fraction of sp³-hybridized carbons (Fsp3) is 0.933. The summed E-state index contributed by atoms with van der Waals surface area (Å²) in [6, 6.07) is 0. The van der Waals surface area contributed by atoms with Crippen LogP contribution in [0.1, 0.15) is 51.4 Å². The second-order valence-electron chi connectivity index (χ2n) is 5.95. The number of carbonyl (C=O) groups excluding carboxylic acids is 1. The molecule has 4 nitrogen and oxygen atoms in total. The molecule has 0 unspecified atom stereocenters. The lowest BCUT2D eigenvalue weighted by atomic mass is 10.0. The van der Waals surface area contributed by atoms with Gasteiger partial charge in [0.2, 0.25) is 5.91 Å². The van der Waals surface area contributed by atoms with Gasteiger partial charge in [0.25, 0.3) is 0 Å². The summed E-state index contributed by atoms with van der Waals surface area (Å²) in [6.07, 6.45) is 9.15. The summed E-state index contributed by atoms with van der Waals surface area (Å²) in [5, 5.41) is 0. The van der Waals surface area contributed by atoms with Crippen LogP contribution in [0.3, 0.4) is 0 Å². The van der Waals surface area contributed by atoms with E-state index in [4.69, 9.17) is 10.5 Å². The van der Waals surface area contributed by atoms with Gasteiger partial charge >= 0.3 is 0 Å². The van der Waals surface area contributed by atoms with Gasteiger partial charge in [0.15, 0.2) is 0 Å². The average molecular weight is 268 g/mol. The van der Waals surface area contributed by atoms with Gasteiger partial charge in [-0.05, 0) is 44.6 Å². The van der Waals surface area contributed by atoms with Gasteiger partial charge in [0.1, 0.15) is 0 Å². The van der Waals surface area contributed by atoms with Crippen molar-refractivity contribution in [2.75, 3.05) is 26.2 Å². The maximum atomic E-state index is 12.2. The first-order valence-corrected chi connectivity index (χ1v) is 7.89. The molecule has 0 aromatic rings. The average Bonchev–Trinajstić information content (AvgIpc) is 2.93. The maximum absolute atomic E-state index is 12.2. The Morgan fingerprint density at radius 2 is 1.84 bits per heavy atom. The minimum atomic E-state index is 0.335. The number of ether oxygens (including phenoxy) is 1. The first kappa shape index (κ1) is 14.8. The first-order valence-electron chi connectivity index (χ1n) is 7.89. The van der Waals surface area contributed by atoms with E-state index in [1.807, 2.05) is 4.90 Å². The predicted molar refractivity (Wildman–Crippen MR) is 75.8 cm³/mol. The topological polar surface area (TPSA) is 55.6 Å². The minimum absolute atomic E-state index is 0.335. The molecule has 0 aromatic carbocycles. The van der Waals surface area contributed by atoms with E-state index in [0.29, 0.717) is 24.5 Å². The van der Waals surface area contributed by atoms with Gasteiger partial charge in [-0.3, -0.25) is 4.79 Å². The lowest BCUT2D eigenvalue weighted by molar-refractivity contribution is -0.134. The van der Waals surface area contributed by atoms with Crippen molar-refractivity contribution in [2.24, 2.45) is 11.7 Å². The molecule has 1 aliphatic heterocycles. The van der Waals surface area contributed by atoms with E-state index < -0.39 is 0 Å². The van der Waals surface area contributed by atoms with Gasteiger partial charge in [-0.15, -0.1) is 0 Å². The Labute approximate surface area is 116 Å². The number of hydrogen-bond donors (Lipinski definition) is 1. The molecule has 110 valence electrons. The molecule has 1 amide bonds. The summed E-state index contributed by atoms with van der Waals surface area (Å²) in [6.45, 7) is 3.20. The van der Waals surface area contributed by atoms with Crippen molar-refractivity contribution in [3.63, 3.8) is 0 Å². The number of piperidine rings is 1. The Hall–Kier alpha value is -0.610. The molecular weight excluding hydrogens is 240 g/mol. The Balaban J connectivity index is 1.63. The molecule has 1 saturated carbocycles. The molecule has 0 atom stereocenters. The molecule has 2 aliphatic rings. The molecule has 1 aliphatic carbocycles. The Bertz CT molecular complexity index is 269. The number of hydrogen-bond acceptors (Lipinski definition) is 3. The van der Waals surface area contributed by atoms with Crippen LogP contribution >= 0.6 is 0 Å². The number of likely N-dealkylation sites (tertiary alicyclic amines) is 1. The molecule has 0 spiro atoms. The van der Waals surface area contributed by atoms with Crippen molar-refractivity contribution >= 4 is 5.91 Å². The highest BCUT2D eigenvalue weighted by Crippen LogP contribution is 2.28. The molecule has 2 N–H and O–H groups in total. The van der Waals surface area contributed by atoms with Crippen molar-refractivity contribution < 1.29 is 9.53 Å². The zero-order chi connectivity index (χ0) is 13.5. The highest BCUT2D eigenvalue weighted by molar-refractivity contribution is 5.76. The zero-order valence-corrected chi connectivity index (χ0v) is 12.0. The van der Waals surface area contributed by atoms with Crippen LogP contribution in [-0.4, -0.2) is 43.2 Å². The van der Waals surface area contributed by atoms with Gasteiger partial charge < -0.3 is 15.4 Å². The third-order valence-electron chi connectivity index (χ3n) is 4.43. The van der Waals surface area contributed by atoms with Crippen LogP contribution in [0.4, 0.5) is 0 Å². The summed E-state index contributed by atoms with van der Waals surface area (Å²) in [7, 11) is 0. The second-order valence-corrected chi connectivity index (χ2v) is 5.95. The SMILES string of the molecule is NCCCOC1CCN(C(=O)CC2CCCC2)CC1. The molecule has 1 saturated heterocycles. The molecule has 0 aromatic heterocycles. The molecule has 1 heterocycles. The number of nitrogens with two attached hydrogens (primary N) is 1. The van der Waals surface area contributed by atoms with Crippen molar-refractivity contribution in [3.8, 4) is 0 Å². The Morgan fingerprint density at radius 1 is 1.16 bits per heavy atom. The second kappa shape index (κ2) is 7.85. The maximum Gasteiger partial charge on any atom is 0.222 e. The summed E-state index contributed by atoms with van der Waals surface area (Å²) >= 11 is 0. The van der Waals surface area contributed by atoms with Gasteiger partial charge in [-0.25, -0.2) is 0 Å². The van der Waals surface area contributed by atoms with Gasteiger partial charge in [0.05, 0.1) is 6.10 Å². The molecule has 0 radical (unpaired) electrons. The van der Waals surface area contributed by atoms with Crippen LogP contribution in [0.25, 0.3) is 0 Å². The summed E-state index contributed by atoms with van der Waals surface area (Å²) in [5.41, 5.74) is 5.45. The highest BCUT2D eigenvalue weighted by Gasteiger charge is 2.26. The van der Waals surface area contributed by atoms with Crippen LogP contribution in [0.15, 0.2) is 0 Å². The lowest BCUT2D eigenvalue weighted by Gasteiger charge is -2.32. The normalized spacial score (nSPS) is 22.1. The van der Waals surface area contributed by atoms with Crippen molar-refractivity contribution in [1.82, 2.24) is 4.90 Å². The fourth-order valence-electron chi connectivity index (χ4n) is 3.20. The number of rotatable bonds is 6. The standard InChI is InChI=1S/C15H28N2O2/c16-8-3-11-19-14-6-9-17(10-7-14)15(18)12-13-4-1-2-5-13/h13-14H,1-12,16H2. The molecule has 19 heavy (non-hydrogen) atoms. The summed E-state index contributed by atoms with van der Waals surface area (Å²) in [5.74, 6) is 1.03. The molecule has 2 rings (SSSR count). The highest BCUT2D eigenvalue weighted by atomic mass is 16.5. The largest absolute Gasteiger partial charge is 0.378 e. The predicted octanol–water partition coefficient (Wildman–Crippen LogP) is 1.92. The number of nitrogens with zero attached hydrogens (tertiary/aromatic N) is 1. The monoisotopic (exact) mass is 268 g/mol. The third-order valence-corrected chi connectivity index (χ3v) is 4.43. The molecule has 2 fully saturated rings. The molecular formula is C15H28N2O2. The zero-order valence-electron chi connectivity index (χ0n) is 12.0. The van der Waals surface area contributed by atoms with Crippen LogP contribution in [0.5, 0.6) is 0 Å². The van der Waals surface area contributed by atoms with E-state index >= 15 is 0 Å². The lowest BCUT2D eigenvalue weighted by Crippen LogP contribution is -2.41. The smallest absolute Gasteiger partial charge is 0.222 e. The van der Waals surface area contributed by atoms with E-state index in [1.54, 1.807) is 0 Å². The van der Waals surface area contributed by atoms with Gasteiger partial charge in [-0.2, -0.15) is 0 Å². The van der Waals surface area contributed by atoms with E-state index in [1.165, 1.54) is 25.7 Å². The molecule has 4 heteroatoms. The van der Waals surface area contributed by atoms with Gasteiger partial charge in [-0.1, -0.05) is 12.8 Å². The van der Waals surface area contributed by atoms with Crippen molar-refractivity contribution in [2.45, 2.75) is 57.5 Å². The van der Waals surface area contributed by atoms with Crippen molar-refractivity contribution in [1.29, 1.82) is 0 Å². The third kappa shape index (κ3) is 4.77. The quantitative estimate of drug-likeness (QED) is 0.749. The van der Waals surface area contributed by atoms with Crippen LogP contribution < -0.4 is 5.73 Å². The summed E-state index contributed by atoms with van der Waals surface area (Å²) in [4.78, 5) is 14.2. The van der Waals surface area contributed by atoms with E-state index in [9.17, 15) is 4.79 Å². The first-order chi connectivity index (χ1) is 9.29. The van der Waals surface area contributed by atoms with E-state index in [0.717, 1.165) is 45.4 Å². The van der Waals surface area contributed by atoms with E-state index in [-0.39, 0.29) is 0 Å². The van der Waals surface area contributed by atoms with Crippen LogP contribution in [0.2, 0.25) is 0 Å². The fourth-order valence-corrected chi connectivity index (χ4v) is 3.20. The van der Waals surface area contributed by atoms with E-state index in [2.05, 4.69) is 0 Å².